The van der Waals surface area contributed by atoms with E-state index in [9.17, 15) is 17.6 Å². The van der Waals surface area contributed by atoms with Crippen molar-refractivity contribution in [3.8, 4) is 11.4 Å². The monoisotopic (exact) mass is 470 g/mol. The highest BCUT2D eigenvalue weighted by Crippen LogP contribution is 2.29. The molecule has 0 fully saturated rings. The Morgan fingerprint density at radius 1 is 1.09 bits per heavy atom. The number of carbonyl (C=O) groups is 1. The number of amides is 1. The van der Waals surface area contributed by atoms with E-state index in [2.05, 4.69) is 15.3 Å². The maximum Gasteiger partial charge on any atom is 0.260 e. The number of nitrogens with zero attached hydrogens (tertiary/aromatic N) is 3. The predicted octanol–water partition coefficient (Wildman–Crippen LogP) is 4.35. The molecule has 1 aliphatic rings. The van der Waals surface area contributed by atoms with Crippen LogP contribution >= 0.6 is 11.3 Å². The highest BCUT2D eigenvalue weighted by atomic mass is 32.2. The normalized spacial score (nSPS) is 13.8. The van der Waals surface area contributed by atoms with Crippen molar-refractivity contribution >= 4 is 38.1 Å². The van der Waals surface area contributed by atoms with Crippen molar-refractivity contribution in [3.63, 3.8) is 0 Å². The second-order valence-electron chi connectivity index (χ2n) is 6.98. The van der Waals surface area contributed by atoms with E-state index >= 15 is 0 Å². The number of benzene rings is 1. The molecule has 2 aromatic heterocycles. The van der Waals surface area contributed by atoms with Gasteiger partial charge in [0.2, 0.25) is 0 Å². The van der Waals surface area contributed by atoms with E-state index in [0.717, 1.165) is 4.31 Å². The van der Waals surface area contributed by atoms with Gasteiger partial charge in [-0.05, 0) is 55.3 Å². The number of aromatic nitrogens is 2. The number of carbonyl (C=O) groups excluding carboxylic acids is 1. The maximum absolute atomic E-state index is 13.1. The summed E-state index contributed by atoms with van der Waals surface area (Å²) in [6, 6.07) is 10.7. The van der Waals surface area contributed by atoms with Crippen LogP contribution in [0.1, 0.15) is 12.8 Å². The van der Waals surface area contributed by atoms with Gasteiger partial charge in [-0.25, -0.2) is 17.8 Å². The molecule has 4 rings (SSSR count). The first-order valence-corrected chi connectivity index (χ1v) is 12.0. The maximum atomic E-state index is 13.1. The van der Waals surface area contributed by atoms with Crippen LogP contribution in [0.4, 0.5) is 15.2 Å². The molecule has 1 aromatic carbocycles. The van der Waals surface area contributed by atoms with Crippen LogP contribution in [0.3, 0.4) is 0 Å². The Kier molecular flexibility index (Phi) is 6.15. The van der Waals surface area contributed by atoms with E-state index < -0.39 is 15.8 Å². The zero-order chi connectivity index (χ0) is 22.7. The molecule has 0 bridgehead atoms. The largest absolute Gasteiger partial charge is 0.298 e. The quantitative estimate of drug-likeness (QED) is 0.578. The molecule has 0 unspecified atom stereocenters. The molecule has 32 heavy (non-hydrogen) atoms. The van der Waals surface area contributed by atoms with Crippen molar-refractivity contribution in [2.45, 2.75) is 12.8 Å². The van der Waals surface area contributed by atoms with Gasteiger partial charge >= 0.3 is 0 Å². The Labute approximate surface area is 189 Å². The molecule has 164 valence electrons. The van der Waals surface area contributed by atoms with E-state index in [1.54, 1.807) is 6.20 Å². The topological polar surface area (TPSA) is 92.3 Å². The fourth-order valence-electron chi connectivity index (χ4n) is 3.13. The van der Waals surface area contributed by atoms with Crippen molar-refractivity contribution in [1.29, 1.82) is 0 Å². The molecule has 3 aromatic rings. The fraction of sp³-hybridized carbons (Fsp3) is 0.136. The molecule has 0 atom stereocenters. The lowest BCUT2D eigenvalue weighted by Gasteiger charge is -2.23. The van der Waals surface area contributed by atoms with E-state index in [4.69, 9.17) is 0 Å². The average molecular weight is 471 g/mol. The van der Waals surface area contributed by atoms with Crippen LogP contribution in [-0.2, 0) is 14.8 Å². The second-order valence-corrected chi connectivity index (χ2v) is 9.86. The van der Waals surface area contributed by atoms with Crippen LogP contribution in [0.2, 0.25) is 0 Å². The van der Waals surface area contributed by atoms with Crippen molar-refractivity contribution in [1.82, 2.24) is 9.97 Å². The van der Waals surface area contributed by atoms with E-state index in [1.165, 1.54) is 54.8 Å². The summed E-state index contributed by atoms with van der Waals surface area (Å²) in [5.74, 6) is -0.770. The highest BCUT2D eigenvalue weighted by molar-refractivity contribution is 7.96. The third-order valence-electron chi connectivity index (χ3n) is 4.94. The van der Waals surface area contributed by atoms with E-state index in [-0.39, 0.29) is 23.7 Å². The number of hydrogen-bond donors (Lipinski definition) is 1. The van der Waals surface area contributed by atoms with Crippen molar-refractivity contribution in [2.24, 2.45) is 0 Å². The molecule has 7 nitrogen and oxygen atoms in total. The summed E-state index contributed by atoms with van der Waals surface area (Å²) in [6.07, 6.45) is 5.08. The molecule has 1 amide bonds. The van der Waals surface area contributed by atoms with Crippen LogP contribution in [0, 0.1) is 5.82 Å². The number of thiazole rings is 1. The van der Waals surface area contributed by atoms with Gasteiger partial charge in [-0.3, -0.25) is 19.4 Å². The van der Waals surface area contributed by atoms with Gasteiger partial charge in [0.15, 0.2) is 5.13 Å². The van der Waals surface area contributed by atoms with Gasteiger partial charge in [-0.15, -0.1) is 11.3 Å². The summed E-state index contributed by atoms with van der Waals surface area (Å²) < 4.78 is 40.0. The minimum atomic E-state index is -3.78. The summed E-state index contributed by atoms with van der Waals surface area (Å²) in [5.41, 5.74) is 2.19. The number of allylic oxidation sites excluding steroid dienone is 3. The summed E-state index contributed by atoms with van der Waals surface area (Å²) in [7, 11) is -2.37. The zero-order valence-corrected chi connectivity index (χ0v) is 18.7. The number of halogens is 1. The first kappa shape index (κ1) is 21.8. The molecule has 1 aliphatic carbocycles. The standard InChI is InChI=1S/C22H19FN4O3S2/c1-27(17-9-7-16(23)8-10-17)32(29,30)18-11-5-15(6-12-18)21(28)26-22-25-20(14-31-22)19-4-2-3-13-24-19/h2-5,7-11,13-14H,6,12H2,1H3,(H,25,26,28). The Morgan fingerprint density at radius 3 is 2.53 bits per heavy atom. The van der Waals surface area contributed by atoms with Crippen molar-refractivity contribution < 1.29 is 17.6 Å². The van der Waals surface area contributed by atoms with Crippen LogP contribution in [-0.4, -0.2) is 31.3 Å². The minimum absolute atomic E-state index is 0.185. The molecular formula is C22H19FN4O3S2. The predicted molar refractivity (Wildman–Crippen MR) is 123 cm³/mol. The number of anilines is 2. The van der Waals surface area contributed by atoms with Gasteiger partial charge in [0.1, 0.15) is 11.5 Å². The van der Waals surface area contributed by atoms with Crippen LogP contribution in [0.5, 0.6) is 0 Å². The summed E-state index contributed by atoms with van der Waals surface area (Å²) >= 11 is 1.29. The molecule has 0 saturated carbocycles. The lowest BCUT2D eigenvalue weighted by Crippen LogP contribution is -2.28. The number of sulfonamides is 1. The molecule has 0 aliphatic heterocycles. The van der Waals surface area contributed by atoms with Crippen LogP contribution in [0.25, 0.3) is 11.4 Å². The first-order valence-electron chi connectivity index (χ1n) is 9.67. The highest BCUT2D eigenvalue weighted by Gasteiger charge is 2.26. The first-order chi connectivity index (χ1) is 15.3. The third kappa shape index (κ3) is 4.61. The second kappa shape index (κ2) is 9.01. The van der Waals surface area contributed by atoms with E-state index in [0.29, 0.717) is 27.8 Å². The van der Waals surface area contributed by atoms with Gasteiger partial charge < -0.3 is 0 Å². The van der Waals surface area contributed by atoms with E-state index in [1.807, 2.05) is 23.6 Å². The summed E-state index contributed by atoms with van der Waals surface area (Å²) in [4.78, 5) is 21.4. The zero-order valence-electron chi connectivity index (χ0n) is 17.0. The van der Waals surface area contributed by atoms with Gasteiger partial charge in [0.05, 0.1) is 16.3 Å². The molecule has 10 heteroatoms. The Hall–Kier alpha value is -3.37. The Morgan fingerprint density at radius 2 is 1.88 bits per heavy atom. The number of hydrogen-bond acceptors (Lipinski definition) is 6. The molecule has 1 N–H and O–H groups in total. The number of pyridine rings is 1. The smallest absolute Gasteiger partial charge is 0.260 e. The summed E-state index contributed by atoms with van der Waals surface area (Å²) in [6.45, 7) is 0. The van der Waals surface area contributed by atoms with Gasteiger partial charge in [0, 0.05) is 24.2 Å². The van der Waals surface area contributed by atoms with Gasteiger partial charge in [-0.1, -0.05) is 12.1 Å². The third-order valence-corrected chi connectivity index (χ3v) is 7.63. The fourth-order valence-corrected chi connectivity index (χ4v) is 5.18. The Bertz CT molecular complexity index is 1300. The van der Waals surface area contributed by atoms with Crippen LogP contribution in [0.15, 0.2) is 76.7 Å². The number of nitrogens with one attached hydrogen (secondary N) is 1. The lowest BCUT2D eigenvalue weighted by molar-refractivity contribution is -0.113. The summed E-state index contributed by atoms with van der Waals surface area (Å²) in [5, 5.41) is 5.01. The van der Waals surface area contributed by atoms with Gasteiger partial charge in [-0.2, -0.15) is 0 Å². The average Bonchev–Trinajstić information content (AvgIpc) is 3.28. The number of rotatable bonds is 6. The van der Waals surface area contributed by atoms with Crippen molar-refractivity contribution in [3.05, 3.63) is 82.5 Å². The molecule has 0 radical (unpaired) electrons. The minimum Gasteiger partial charge on any atom is -0.298 e. The molecule has 0 saturated heterocycles. The van der Waals surface area contributed by atoms with Crippen LogP contribution < -0.4 is 9.62 Å². The van der Waals surface area contributed by atoms with Gasteiger partial charge in [0.25, 0.3) is 15.9 Å². The SMILES string of the molecule is CN(c1ccc(F)cc1)S(=O)(=O)C1=CC=C(C(=O)Nc2nc(-c3ccccn3)cs2)CC1. The molecule has 2 heterocycles. The molecule has 0 spiro atoms. The lowest BCUT2D eigenvalue weighted by atomic mass is 10.0. The molecular weight excluding hydrogens is 451 g/mol. The van der Waals surface area contributed by atoms with Crippen molar-refractivity contribution in [2.75, 3.05) is 16.7 Å². The Balaban J connectivity index is 1.46.